The molecule has 3 N–H and O–H groups in total. The van der Waals surface area contributed by atoms with Crippen LogP contribution in [0.25, 0.3) is 0 Å². The summed E-state index contributed by atoms with van der Waals surface area (Å²) in [5.41, 5.74) is 5.12. The molecule has 1 atom stereocenters. The SMILES string of the molecule is C=C(OC)OC(=O)OC.C=C1N(C)C(=O)N(C)C(=O)N1C.CC1COC(=O)C1.CCC(=O)NC.CCN1CCN(C(N)=O)CC1. The molecule has 0 radical (unpaired) electrons. The summed E-state index contributed by atoms with van der Waals surface area (Å²) in [5, 5.41) is 2.48. The highest BCUT2D eigenvalue weighted by molar-refractivity contribution is 5.97. The molecule has 17 heteroatoms. The molecule has 0 aromatic rings. The average Bonchev–Trinajstić information content (AvgIpc) is 3.44. The number of carbonyl (C=O) groups is 6. The molecule has 0 bridgehead atoms. The molecule has 3 aliphatic rings. The molecule has 0 saturated carbocycles. The van der Waals surface area contributed by atoms with E-state index in [2.05, 4.69) is 49.2 Å². The number of amides is 7. The van der Waals surface area contributed by atoms with E-state index < -0.39 is 6.16 Å². The summed E-state index contributed by atoms with van der Waals surface area (Å²) in [7, 11) is 8.75. The number of nitrogens with zero attached hydrogens (tertiary/aromatic N) is 5. The second kappa shape index (κ2) is 22.9. The zero-order valence-electron chi connectivity index (χ0n) is 28.0. The van der Waals surface area contributed by atoms with Gasteiger partial charge in [-0.05, 0) is 13.1 Å². The topological polar surface area (TPSA) is 194 Å². The van der Waals surface area contributed by atoms with Gasteiger partial charge in [-0.2, -0.15) is 0 Å². The molecule has 0 aliphatic carbocycles. The van der Waals surface area contributed by atoms with Crippen LogP contribution in [-0.4, -0.2) is 142 Å². The van der Waals surface area contributed by atoms with Gasteiger partial charge in [-0.25, -0.2) is 24.1 Å². The molecular formula is C28H51N7O10. The van der Waals surface area contributed by atoms with Crippen LogP contribution < -0.4 is 11.1 Å². The largest absolute Gasteiger partial charge is 0.515 e. The van der Waals surface area contributed by atoms with Gasteiger partial charge in [0.25, 0.3) is 5.95 Å². The lowest BCUT2D eigenvalue weighted by Crippen LogP contribution is -2.55. The third kappa shape index (κ3) is 17.4. The first-order chi connectivity index (χ1) is 21.0. The standard InChI is InChI=1S/C7H11N3O2.C7H15N3O.C5H8O4.C5H8O2.C4H9NO/c1-5-8(2)6(11)10(4)7(12)9(5)3;1-2-9-3-5-10(6-4-9)7(8)11;1-4(7-2)9-5(6)8-3;1-4-2-5(6)7-3-4;1-3-4(6)5-2/h1H2,2-4H3;2-6H2,1H3,(H2,8,11);1H2,2-3H3;4H,2-3H2,1H3;3H2,1-2H3,(H,5,6). The fourth-order valence-corrected chi connectivity index (χ4v) is 3.25. The van der Waals surface area contributed by atoms with Crippen molar-refractivity contribution >= 4 is 36.1 Å². The predicted octanol–water partition coefficient (Wildman–Crippen LogP) is 1.81. The van der Waals surface area contributed by atoms with Crippen molar-refractivity contribution in [3.05, 3.63) is 24.9 Å². The zero-order chi connectivity index (χ0) is 35.3. The van der Waals surface area contributed by atoms with Gasteiger partial charge in [0.1, 0.15) is 5.82 Å². The van der Waals surface area contributed by atoms with Crippen LogP contribution in [0.1, 0.15) is 33.6 Å². The van der Waals surface area contributed by atoms with Gasteiger partial charge in [0.05, 0.1) is 27.2 Å². The van der Waals surface area contributed by atoms with Crippen molar-refractivity contribution in [2.24, 2.45) is 11.7 Å². The van der Waals surface area contributed by atoms with Gasteiger partial charge in [0, 0.05) is 66.7 Å². The summed E-state index contributed by atoms with van der Waals surface area (Å²) >= 11 is 0. The van der Waals surface area contributed by atoms with E-state index >= 15 is 0 Å². The zero-order valence-corrected chi connectivity index (χ0v) is 28.0. The number of urea groups is 3. The van der Waals surface area contributed by atoms with Crippen LogP contribution >= 0.6 is 0 Å². The number of rotatable bonds is 4. The highest BCUT2D eigenvalue weighted by Gasteiger charge is 2.33. The highest BCUT2D eigenvalue weighted by Crippen LogP contribution is 2.15. The lowest BCUT2D eigenvalue weighted by Gasteiger charge is -2.36. The fraction of sp³-hybridized carbons (Fsp3) is 0.643. The molecule has 0 spiro atoms. The monoisotopic (exact) mass is 645 g/mol. The predicted molar refractivity (Wildman–Crippen MR) is 165 cm³/mol. The lowest BCUT2D eigenvalue weighted by atomic mass is 10.2. The van der Waals surface area contributed by atoms with Gasteiger partial charge in [-0.15, -0.1) is 0 Å². The molecule has 3 rings (SSSR count). The van der Waals surface area contributed by atoms with E-state index in [1.54, 1.807) is 26.0 Å². The Balaban J connectivity index is 0. The molecule has 7 amide bonds. The van der Waals surface area contributed by atoms with Crippen molar-refractivity contribution in [2.45, 2.75) is 33.6 Å². The molecule has 45 heavy (non-hydrogen) atoms. The summed E-state index contributed by atoms with van der Waals surface area (Å²) in [5.74, 6) is 0.806. The maximum Gasteiger partial charge on any atom is 0.515 e. The van der Waals surface area contributed by atoms with E-state index in [9.17, 15) is 28.8 Å². The minimum absolute atomic E-state index is 0.0486. The number of likely N-dealkylation sites (N-methyl/N-ethyl adjacent to an activating group) is 1. The molecule has 3 aliphatic heterocycles. The lowest BCUT2D eigenvalue weighted by molar-refractivity contribution is -0.138. The Labute approximate surface area is 265 Å². The van der Waals surface area contributed by atoms with E-state index in [1.807, 2.05) is 13.8 Å². The van der Waals surface area contributed by atoms with E-state index in [1.165, 1.54) is 31.1 Å². The number of hydrogen-bond acceptors (Lipinski definition) is 11. The van der Waals surface area contributed by atoms with Gasteiger partial charge in [-0.3, -0.25) is 19.4 Å². The van der Waals surface area contributed by atoms with Crippen LogP contribution in [0.2, 0.25) is 0 Å². The molecular weight excluding hydrogens is 594 g/mol. The van der Waals surface area contributed by atoms with Crippen LogP contribution in [0.15, 0.2) is 24.9 Å². The second-order valence-electron chi connectivity index (χ2n) is 9.57. The number of primary amides is 1. The fourth-order valence-electron chi connectivity index (χ4n) is 3.25. The summed E-state index contributed by atoms with van der Waals surface area (Å²) in [4.78, 5) is 71.3. The number of ether oxygens (including phenoxy) is 4. The number of hydrogen-bond donors (Lipinski definition) is 2. The van der Waals surface area contributed by atoms with Crippen molar-refractivity contribution in [3.8, 4) is 0 Å². The molecule has 17 nitrogen and oxygen atoms in total. The minimum Gasteiger partial charge on any atom is -0.469 e. The Kier molecular flexibility index (Phi) is 21.7. The number of imide groups is 1. The first-order valence-electron chi connectivity index (χ1n) is 14.1. The molecule has 3 heterocycles. The molecule has 3 fully saturated rings. The van der Waals surface area contributed by atoms with Crippen molar-refractivity contribution in [1.82, 2.24) is 29.8 Å². The maximum absolute atomic E-state index is 11.2. The average molecular weight is 646 g/mol. The van der Waals surface area contributed by atoms with E-state index in [0.29, 0.717) is 31.2 Å². The van der Waals surface area contributed by atoms with Crippen LogP contribution in [0.3, 0.4) is 0 Å². The Hall–Kier alpha value is -4.54. The summed E-state index contributed by atoms with van der Waals surface area (Å²) in [6.07, 6.45) is 0.359. The van der Waals surface area contributed by atoms with Gasteiger partial charge < -0.3 is 39.8 Å². The molecule has 0 aromatic carbocycles. The van der Waals surface area contributed by atoms with Gasteiger partial charge >= 0.3 is 30.2 Å². The third-order valence-electron chi connectivity index (χ3n) is 6.29. The van der Waals surface area contributed by atoms with Crippen molar-refractivity contribution < 1.29 is 47.7 Å². The maximum atomic E-state index is 11.2. The Morgan fingerprint density at radius 1 is 0.956 bits per heavy atom. The van der Waals surface area contributed by atoms with Crippen molar-refractivity contribution in [2.75, 3.05) is 81.7 Å². The molecule has 1 unspecified atom stereocenters. The van der Waals surface area contributed by atoms with Gasteiger partial charge in [0.15, 0.2) is 0 Å². The molecule has 3 saturated heterocycles. The van der Waals surface area contributed by atoms with Crippen molar-refractivity contribution in [1.29, 1.82) is 0 Å². The number of methoxy groups -OCH3 is 2. The van der Waals surface area contributed by atoms with Crippen LogP contribution in [0.5, 0.6) is 0 Å². The number of piperazine rings is 1. The Morgan fingerprint density at radius 2 is 1.47 bits per heavy atom. The van der Waals surface area contributed by atoms with Crippen LogP contribution in [0.4, 0.5) is 19.2 Å². The number of carbonyl (C=O) groups excluding carboxylic acids is 6. The van der Waals surface area contributed by atoms with Gasteiger partial charge in [-0.1, -0.05) is 27.4 Å². The first-order valence-corrected chi connectivity index (χ1v) is 14.1. The Bertz CT molecular complexity index is 935. The van der Waals surface area contributed by atoms with E-state index in [-0.39, 0.29) is 35.9 Å². The summed E-state index contributed by atoms with van der Waals surface area (Å²) in [6, 6.07) is -1.01. The first kappa shape index (κ1) is 42.6. The summed E-state index contributed by atoms with van der Waals surface area (Å²) < 4.78 is 17.4. The number of nitrogens with two attached hydrogens (primary N) is 1. The molecule has 0 aromatic heterocycles. The van der Waals surface area contributed by atoms with Crippen LogP contribution in [-0.2, 0) is 28.5 Å². The number of esters is 1. The normalized spacial score (nSPS) is 17.4. The number of cyclic esters (lactones) is 1. The van der Waals surface area contributed by atoms with E-state index in [4.69, 9.17) is 5.73 Å². The molecule has 258 valence electrons. The second-order valence-corrected chi connectivity index (χ2v) is 9.57. The number of nitrogens with one attached hydrogen (secondary N) is 1. The third-order valence-corrected chi connectivity index (χ3v) is 6.29. The van der Waals surface area contributed by atoms with E-state index in [0.717, 1.165) is 37.6 Å². The highest BCUT2D eigenvalue weighted by atomic mass is 16.8. The quantitative estimate of drug-likeness (QED) is 0.334. The summed E-state index contributed by atoms with van der Waals surface area (Å²) in [6.45, 7) is 17.9. The van der Waals surface area contributed by atoms with Crippen molar-refractivity contribution in [3.63, 3.8) is 0 Å². The van der Waals surface area contributed by atoms with Crippen LogP contribution in [0, 0.1) is 5.92 Å². The van der Waals surface area contributed by atoms with Gasteiger partial charge in [0.2, 0.25) is 5.91 Å². The minimum atomic E-state index is -0.832. The smallest absolute Gasteiger partial charge is 0.469 e. The Morgan fingerprint density at radius 3 is 1.73 bits per heavy atom.